The fourth-order valence-electron chi connectivity index (χ4n) is 10.0. The Morgan fingerprint density at radius 1 is 0.298 bits per heavy atom. The zero-order valence-electron chi connectivity index (χ0n) is 77.7. The lowest BCUT2D eigenvalue weighted by molar-refractivity contribution is -0.257. The highest BCUT2D eigenvalue weighted by molar-refractivity contribution is 7.14. The lowest BCUT2D eigenvalue weighted by atomic mass is 9.82. The van der Waals surface area contributed by atoms with Gasteiger partial charge in [-0.25, -0.2) is 0 Å². The highest BCUT2D eigenvalue weighted by atomic mass is 32.1. The Hall–Kier alpha value is -14.3. The average molecular weight is 1740 g/mol. The Morgan fingerprint density at radius 2 is 0.597 bits per heavy atom. The van der Waals surface area contributed by atoms with Crippen molar-refractivity contribution in [3.8, 4) is 97.4 Å². The third-order valence-electron chi connectivity index (χ3n) is 15.6. The van der Waals surface area contributed by atoms with Gasteiger partial charge >= 0.3 is 5.71 Å². The SMILES string of the molecule is CC.CC.CC.CC.CC.CC(C)c1ccc(C(=O)[O-])cc1.CC(C)c1ccc(C(=O)[O-])o1.CC(C)c1ccc(C(=O)[O-])s1.CC(C)c1ccc2cc(C(=O)[O-])ccc2c1.CC1(C)c2ccccc2-c2ccc(C(=O)[O-])cc21.Oc1cc(O)cc(O)c1.Oc1cc(O)cc(O)c1.Oc1cc(O)cc(O)c1.Oc1cc(O)cc(O)c1.Oc1cc(O)cc(O)c1.[H+].[H+].[H+].[H+].[NH4+]. The normalized spacial score (nSPS) is 10.1. The van der Waals surface area contributed by atoms with Crippen LogP contribution in [0.15, 0.2) is 223 Å². The number of carboxylic acid groups (broad SMARTS) is 5. The molecular weight excluding hydrogens is 1620 g/mol. The molecule has 0 unspecified atom stereocenters. The molecule has 0 spiro atoms. The molecule has 2 heterocycles. The van der Waals surface area contributed by atoms with Crippen LogP contribution in [0.25, 0.3) is 21.9 Å². The van der Waals surface area contributed by atoms with Crippen LogP contribution in [-0.2, 0) is 5.41 Å². The van der Waals surface area contributed by atoms with Gasteiger partial charge in [0.2, 0.25) is 0 Å². The second kappa shape index (κ2) is 58.6. The van der Waals surface area contributed by atoms with E-state index in [0.717, 1.165) is 123 Å². The van der Waals surface area contributed by atoms with Crippen molar-refractivity contribution in [1.82, 2.24) is 6.15 Å². The van der Waals surface area contributed by atoms with Crippen LogP contribution in [0.5, 0.6) is 86.2 Å². The number of hydrogen-bond donors (Lipinski definition) is 16. The quantitative estimate of drug-likeness (QED) is 0.0638. The number of fused-ring (bicyclic) bond motifs is 4. The van der Waals surface area contributed by atoms with Crippen LogP contribution in [0.1, 0.15) is 252 Å². The summed E-state index contributed by atoms with van der Waals surface area (Å²) in [7, 11) is 0. The standard InChI is InChI=1S/C16H14O2.C14H14O2.C10H12O2.C8H10O3.C8H10O2S.5C6H6O3.5C2H6.H3N/c1-16(2)13-6-4-3-5-11(13)12-8-7-10(15(17)18)9-14(12)16;1-9(2)10-3-4-12-8-13(14(15)16)6-5-11(12)7-10;1-7(2)8-3-5-9(6-4-8)10(11)12;2*1-5(2)6-3-4-7(11-6)8(9)10;5*7-4-1-5(8)3-6(9)2-4;5*1-2;/h3-9H,1-2H3,(H,17,18);3-9H,1-2H3,(H,15,16);3-7H,1-2H3,(H,11,12);2*3-5H,1-2H3,(H,9,10);5*1-3,7-9H;5*1-2H3;1H3. The van der Waals surface area contributed by atoms with Gasteiger partial charge < -0.3 is 137 Å². The monoisotopic (exact) mass is 1740 g/mol. The van der Waals surface area contributed by atoms with E-state index in [1.165, 1.54) is 34.1 Å². The van der Waals surface area contributed by atoms with Gasteiger partial charge in [0.05, 0.1) is 28.8 Å². The number of quaternary nitrogens is 1. The molecule has 2 aromatic heterocycles. The van der Waals surface area contributed by atoms with Gasteiger partial charge in [-0.05, 0) is 115 Å². The van der Waals surface area contributed by atoms with E-state index < -0.39 is 29.8 Å². The van der Waals surface area contributed by atoms with E-state index >= 15 is 0 Å². The summed E-state index contributed by atoms with van der Waals surface area (Å²) in [5.74, 6) is -5.82. The summed E-state index contributed by atoms with van der Waals surface area (Å²) in [6, 6.07) is 54.9. The number of furan rings is 1. The number of hydrogen-bond acceptors (Lipinski definition) is 27. The predicted octanol–water partition coefficient (Wildman–Crippen LogP) is 17.8. The van der Waals surface area contributed by atoms with E-state index in [9.17, 15) is 49.5 Å². The molecule has 0 saturated heterocycles. The fraction of sp³-hybridized carbons (Fsp3) is 0.260. The van der Waals surface area contributed by atoms with Crippen molar-refractivity contribution in [2.45, 2.75) is 168 Å². The van der Waals surface area contributed by atoms with E-state index in [4.69, 9.17) is 81.0 Å². The summed E-state index contributed by atoms with van der Waals surface area (Å²) in [6.07, 6.45) is 0. The highest BCUT2D eigenvalue weighted by Gasteiger charge is 2.35. The molecule has 0 saturated carbocycles. The number of carbonyl (C=O) groups excluding carboxylic acids is 5. The van der Waals surface area contributed by atoms with Crippen LogP contribution in [0, 0.1) is 0 Å². The molecule has 13 rings (SSSR count). The van der Waals surface area contributed by atoms with Crippen molar-refractivity contribution < 1.29 is 136 Å². The molecule has 28 heteroatoms. The number of benzene rings is 10. The highest BCUT2D eigenvalue weighted by Crippen LogP contribution is 2.48. The van der Waals surface area contributed by atoms with E-state index in [2.05, 4.69) is 59.7 Å². The van der Waals surface area contributed by atoms with E-state index in [0.29, 0.717) is 28.4 Å². The first-order chi connectivity index (χ1) is 57.8. The molecular formula is C96H123NO26S. The van der Waals surface area contributed by atoms with Crippen molar-refractivity contribution >= 4 is 52.0 Å². The van der Waals surface area contributed by atoms with Crippen molar-refractivity contribution in [2.75, 3.05) is 0 Å². The van der Waals surface area contributed by atoms with Gasteiger partial charge in [0.1, 0.15) is 104 Å². The second-order valence-electron chi connectivity index (χ2n) is 26.4. The first-order valence-electron chi connectivity index (χ1n) is 39.1. The van der Waals surface area contributed by atoms with E-state index in [1.807, 2.05) is 152 Å². The molecule has 0 aliphatic heterocycles. The molecule has 27 nitrogen and oxygen atoms in total. The maximum absolute atomic E-state index is 11.0. The largest absolute Gasteiger partial charge is 1.00 e. The maximum Gasteiger partial charge on any atom is 1.00 e. The van der Waals surface area contributed by atoms with Crippen molar-refractivity contribution in [3.05, 3.63) is 279 Å². The third kappa shape index (κ3) is 41.6. The van der Waals surface area contributed by atoms with Gasteiger partial charge in [-0.2, -0.15) is 0 Å². The molecule has 19 N–H and O–H groups in total. The number of carboxylic acids is 5. The van der Waals surface area contributed by atoms with Crippen LogP contribution in [0.3, 0.4) is 0 Å². The van der Waals surface area contributed by atoms with Crippen LogP contribution >= 0.6 is 11.3 Å². The van der Waals surface area contributed by atoms with E-state index in [1.54, 1.807) is 48.5 Å². The van der Waals surface area contributed by atoms with Gasteiger partial charge in [-0.3, -0.25) is 0 Å². The first kappa shape index (κ1) is 114. The number of aromatic carboxylic acids is 5. The molecule has 1 aliphatic carbocycles. The number of phenolic OH excluding ortho intramolecular Hbond substituents is 15. The summed E-state index contributed by atoms with van der Waals surface area (Å²) < 4.78 is 4.94. The molecule has 124 heavy (non-hydrogen) atoms. The Bertz CT molecular complexity index is 4610. The fourth-order valence-corrected chi connectivity index (χ4v) is 10.9. The summed E-state index contributed by atoms with van der Waals surface area (Å²) in [5, 5.41) is 185. The van der Waals surface area contributed by atoms with Gasteiger partial charge in [0.25, 0.3) is 0 Å². The van der Waals surface area contributed by atoms with Crippen molar-refractivity contribution in [2.24, 2.45) is 0 Å². The number of phenols is 15. The molecule has 0 amide bonds. The molecule has 0 atom stereocenters. The van der Waals surface area contributed by atoms with Crippen molar-refractivity contribution in [1.29, 1.82) is 0 Å². The lowest BCUT2D eigenvalue weighted by Crippen LogP contribution is -2.23. The topological polar surface area (TPSA) is 554 Å². The maximum atomic E-state index is 11.0. The molecule has 674 valence electrons. The molecule has 0 bridgehead atoms. The molecule has 12 aromatic rings. The lowest BCUT2D eigenvalue weighted by Gasteiger charge is -2.22. The summed E-state index contributed by atoms with van der Waals surface area (Å²) in [5.41, 5.74) is 7.58. The van der Waals surface area contributed by atoms with Gasteiger partial charge in [0.15, 0.2) is 0 Å². The van der Waals surface area contributed by atoms with Crippen LogP contribution in [-0.4, -0.2) is 106 Å². The number of aromatic hydroxyl groups is 15. The smallest absolute Gasteiger partial charge is 0.545 e. The molecule has 0 fully saturated rings. The summed E-state index contributed by atoms with van der Waals surface area (Å²) >= 11 is 1.29. The molecule has 0 radical (unpaired) electrons. The van der Waals surface area contributed by atoms with Gasteiger partial charge in [-0.15, -0.1) is 11.3 Å². The zero-order chi connectivity index (χ0) is 94.9. The Morgan fingerprint density at radius 3 is 0.879 bits per heavy atom. The van der Waals surface area contributed by atoms with Crippen LogP contribution < -0.4 is 31.7 Å². The summed E-state index contributed by atoms with van der Waals surface area (Å²) in [4.78, 5) is 54.0. The third-order valence-corrected chi connectivity index (χ3v) is 17.0. The summed E-state index contributed by atoms with van der Waals surface area (Å²) in [6.45, 7) is 40.6. The predicted molar refractivity (Wildman–Crippen MR) is 480 cm³/mol. The van der Waals surface area contributed by atoms with Crippen LogP contribution in [0.4, 0.5) is 0 Å². The minimum atomic E-state index is -1.27. The number of thiophene rings is 1. The average Bonchev–Trinajstić information content (AvgIpc) is 1.58. The minimum Gasteiger partial charge on any atom is -0.545 e. The van der Waals surface area contributed by atoms with Gasteiger partial charge in [-0.1, -0.05) is 229 Å². The minimum absolute atomic E-state index is 0. The Kier molecular flexibility index (Phi) is 53.9. The Balaban J connectivity index is -0.000000252. The zero-order valence-corrected chi connectivity index (χ0v) is 74.5. The van der Waals surface area contributed by atoms with E-state index in [-0.39, 0.29) is 132 Å². The number of carbonyl (C=O) groups is 5. The second-order valence-corrected chi connectivity index (χ2v) is 27.5. The van der Waals surface area contributed by atoms with Crippen LogP contribution in [0.2, 0.25) is 0 Å². The van der Waals surface area contributed by atoms with Gasteiger partial charge in [0, 0.05) is 107 Å². The molecule has 1 aliphatic rings. The molecule has 10 aromatic carbocycles. The number of rotatable bonds is 9. The first-order valence-corrected chi connectivity index (χ1v) is 39.9. The Labute approximate surface area is 734 Å². The van der Waals surface area contributed by atoms with Crippen molar-refractivity contribution in [3.63, 3.8) is 0 Å².